The van der Waals surface area contributed by atoms with Gasteiger partial charge in [0.05, 0.1) is 7.11 Å². The Labute approximate surface area is 130 Å². The summed E-state index contributed by atoms with van der Waals surface area (Å²) in [5, 5.41) is 1.09. The third-order valence-corrected chi connectivity index (χ3v) is 3.85. The van der Waals surface area contributed by atoms with E-state index in [0.717, 1.165) is 24.6 Å². The zero-order valence-corrected chi connectivity index (χ0v) is 13.0. The highest BCUT2D eigenvalue weighted by Crippen LogP contribution is 2.14. The second-order valence-corrected chi connectivity index (χ2v) is 5.49. The predicted molar refractivity (Wildman–Crippen MR) is 83.3 cm³/mol. The number of hydrazine groups is 1. The molecule has 1 fully saturated rings. The topological polar surface area (TPSA) is 75.9 Å². The molecule has 1 amide bonds. The molecule has 6 heteroatoms. The highest BCUT2D eigenvalue weighted by Gasteiger charge is 2.15. The number of nitrogens with two attached hydrogens (primary N) is 1. The minimum Gasteiger partial charge on any atom is -0.493 e. The predicted octanol–water partition coefficient (Wildman–Crippen LogP) is 1.12. The number of ether oxygens (including phenoxy) is 1. The molecule has 2 N–H and O–H groups in total. The van der Waals surface area contributed by atoms with E-state index in [9.17, 15) is 9.59 Å². The van der Waals surface area contributed by atoms with Gasteiger partial charge in [-0.3, -0.25) is 14.6 Å². The maximum atomic E-state index is 12.1. The van der Waals surface area contributed by atoms with Crippen molar-refractivity contribution in [2.75, 3.05) is 26.7 Å². The number of carbonyl (C=O) groups is 2. The molecule has 1 aliphatic heterocycles. The normalized spacial score (nSPS) is 20.9. The molecule has 0 bridgehead atoms. The van der Waals surface area contributed by atoms with E-state index in [1.54, 1.807) is 12.2 Å². The van der Waals surface area contributed by atoms with E-state index in [-0.39, 0.29) is 17.4 Å². The van der Waals surface area contributed by atoms with Gasteiger partial charge >= 0.3 is 0 Å². The molecular weight excluding hydrogens is 282 g/mol. The fourth-order valence-electron chi connectivity index (χ4n) is 2.56. The van der Waals surface area contributed by atoms with Crippen LogP contribution in [0.5, 0.6) is 0 Å². The van der Waals surface area contributed by atoms with E-state index in [1.165, 1.54) is 38.6 Å². The first-order valence-corrected chi connectivity index (χ1v) is 7.59. The first kappa shape index (κ1) is 16.5. The van der Waals surface area contributed by atoms with Crippen molar-refractivity contribution >= 4 is 11.7 Å². The van der Waals surface area contributed by atoms with Gasteiger partial charge in [-0.05, 0) is 49.7 Å². The van der Waals surface area contributed by atoms with Gasteiger partial charge in [-0.2, -0.15) is 0 Å². The van der Waals surface area contributed by atoms with Crippen molar-refractivity contribution in [1.82, 2.24) is 9.91 Å². The minimum absolute atomic E-state index is 0.143. The van der Waals surface area contributed by atoms with E-state index >= 15 is 0 Å². The SMILES string of the molecule is COC1=CC(=CN(N)C(=O)CCN2CCCCC2)C=CC1=O. The minimum atomic E-state index is -0.195. The maximum Gasteiger partial charge on any atom is 0.241 e. The van der Waals surface area contributed by atoms with Crippen LogP contribution < -0.4 is 5.84 Å². The molecular formula is C16H23N3O3. The number of amides is 1. The Kier molecular flexibility index (Phi) is 5.91. The van der Waals surface area contributed by atoms with Crippen LogP contribution in [0.1, 0.15) is 25.7 Å². The number of ketones is 1. The summed E-state index contributed by atoms with van der Waals surface area (Å²) in [4.78, 5) is 25.8. The summed E-state index contributed by atoms with van der Waals surface area (Å²) in [7, 11) is 1.44. The highest BCUT2D eigenvalue weighted by atomic mass is 16.5. The van der Waals surface area contributed by atoms with Crippen LogP contribution in [0.15, 0.2) is 35.8 Å². The van der Waals surface area contributed by atoms with Crippen molar-refractivity contribution in [2.45, 2.75) is 25.7 Å². The maximum absolute atomic E-state index is 12.1. The molecule has 2 aliphatic rings. The van der Waals surface area contributed by atoms with Crippen LogP contribution in [0, 0.1) is 0 Å². The number of allylic oxidation sites excluding steroid dienone is 4. The fourth-order valence-corrected chi connectivity index (χ4v) is 2.56. The highest BCUT2D eigenvalue weighted by molar-refractivity contribution is 6.04. The number of nitrogens with zero attached hydrogens (tertiary/aromatic N) is 2. The van der Waals surface area contributed by atoms with E-state index < -0.39 is 0 Å². The lowest BCUT2D eigenvalue weighted by Crippen LogP contribution is -2.37. The number of hydrogen-bond acceptors (Lipinski definition) is 5. The average molecular weight is 305 g/mol. The van der Waals surface area contributed by atoms with Crippen molar-refractivity contribution < 1.29 is 14.3 Å². The number of likely N-dealkylation sites (tertiary alicyclic amines) is 1. The van der Waals surface area contributed by atoms with Gasteiger partial charge in [-0.1, -0.05) is 6.42 Å². The molecule has 0 atom stereocenters. The van der Waals surface area contributed by atoms with Gasteiger partial charge in [0.2, 0.25) is 11.7 Å². The van der Waals surface area contributed by atoms with E-state index in [0.29, 0.717) is 12.0 Å². The summed E-state index contributed by atoms with van der Waals surface area (Å²) in [6.45, 7) is 2.86. The van der Waals surface area contributed by atoms with Crippen molar-refractivity contribution in [2.24, 2.45) is 5.84 Å². The van der Waals surface area contributed by atoms with Crippen LogP contribution in [-0.2, 0) is 14.3 Å². The van der Waals surface area contributed by atoms with Gasteiger partial charge < -0.3 is 9.64 Å². The molecule has 1 saturated heterocycles. The van der Waals surface area contributed by atoms with Crippen LogP contribution >= 0.6 is 0 Å². The fraction of sp³-hybridized carbons (Fsp3) is 0.500. The number of methoxy groups -OCH3 is 1. The lowest BCUT2D eigenvalue weighted by atomic mass is 10.1. The van der Waals surface area contributed by atoms with Crippen molar-refractivity contribution in [3.63, 3.8) is 0 Å². The Hall–Kier alpha value is -1.92. The molecule has 1 aliphatic carbocycles. The second kappa shape index (κ2) is 7.91. The van der Waals surface area contributed by atoms with Crippen molar-refractivity contribution in [1.29, 1.82) is 0 Å². The summed E-state index contributed by atoms with van der Waals surface area (Å²) in [5.74, 6) is 5.69. The first-order valence-electron chi connectivity index (χ1n) is 7.59. The standard InChI is InChI=1S/C16H23N3O3/c1-22-15-11-13(5-6-14(15)20)12-19(17)16(21)7-10-18-8-3-2-4-9-18/h5-6,11-12H,2-4,7-10,17H2,1H3. The quantitative estimate of drug-likeness (QED) is 0.468. The Morgan fingerprint density at radius 1 is 1.36 bits per heavy atom. The van der Waals surface area contributed by atoms with Gasteiger partial charge in [-0.25, -0.2) is 5.84 Å². The molecule has 0 aromatic rings. The third kappa shape index (κ3) is 4.54. The number of carbonyl (C=O) groups excluding carboxylic acids is 2. The van der Waals surface area contributed by atoms with Crippen LogP contribution in [0.4, 0.5) is 0 Å². The number of piperidine rings is 1. The molecule has 0 unspecified atom stereocenters. The Balaban J connectivity index is 1.87. The zero-order chi connectivity index (χ0) is 15.9. The summed E-state index contributed by atoms with van der Waals surface area (Å²) in [5.41, 5.74) is 0.658. The Morgan fingerprint density at radius 3 is 2.77 bits per heavy atom. The molecule has 22 heavy (non-hydrogen) atoms. The molecule has 0 radical (unpaired) electrons. The molecule has 1 heterocycles. The van der Waals surface area contributed by atoms with E-state index in [1.807, 2.05) is 0 Å². The molecule has 2 rings (SSSR count). The summed E-state index contributed by atoms with van der Waals surface area (Å²) < 4.78 is 4.97. The molecule has 0 saturated carbocycles. The van der Waals surface area contributed by atoms with Gasteiger partial charge in [0.1, 0.15) is 0 Å². The van der Waals surface area contributed by atoms with Crippen LogP contribution in [0.2, 0.25) is 0 Å². The monoisotopic (exact) mass is 305 g/mol. The summed E-state index contributed by atoms with van der Waals surface area (Å²) in [6, 6.07) is 0. The molecule has 0 aromatic carbocycles. The lowest BCUT2D eigenvalue weighted by Gasteiger charge is -2.26. The van der Waals surface area contributed by atoms with Crippen molar-refractivity contribution in [3.8, 4) is 0 Å². The van der Waals surface area contributed by atoms with Crippen LogP contribution in [-0.4, -0.2) is 48.3 Å². The summed E-state index contributed by atoms with van der Waals surface area (Å²) >= 11 is 0. The van der Waals surface area contributed by atoms with Crippen LogP contribution in [0.3, 0.4) is 0 Å². The van der Waals surface area contributed by atoms with Gasteiger partial charge in [0, 0.05) is 19.2 Å². The Bertz CT molecular complexity index is 517. The Morgan fingerprint density at radius 2 is 2.09 bits per heavy atom. The van der Waals surface area contributed by atoms with E-state index in [2.05, 4.69) is 4.90 Å². The largest absolute Gasteiger partial charge is 0.493 e. The van der Waals surface area contributed by atoms with Gasteiger partial charge in [0.25, 0.3) is 0 Å². The van der Waals surface area contributed by atoms with Crippen LogP contribution in [0.25, 0.3) is 0 Å². The molecule has 120 valence electrons. The number of hydrogen-bond donors (Lipinski definition) is 1. The lowest BCUT2D eigenvalue weighted by molar-refractivity contribution is -0.129. The van der Waals surface area contributed by atoms with Gasteiger partial charge in [0.15, 0.2) is 5.76 Å². The molecule has 0 aromatic heterocycles. The smallest absolute Gasteiger partial charge is 0.241 e. The molecule has 0 spiro atoms. The third-order valence-electron chi connectivity index (χ3n) is 3.85. The second-order valence-electron chi connectivity index (χ2n) is 5.49. The number of rotatable bonds is 5. The zero-order valence-electron chi connectivity index (χ0n) is 13.0. The first-order chi connectivity index (χ1) is 10.6. The van der Waals surface area contributed by atoms with Gasteiger partial charge in [-0.15, -0.1) is 0 Å². The summed E-state index contributed by atoms with van der Waals surface area (Å²) in [6.07, 6.45) is 10.2. The van der Waals surface area contributed by atoms with E-state index in [4.69, 9.17) is 10.6 Å². The average Bonchev–Trinajstić information content (AvgIpc) is 2.55. The van der Waals surface area contributed by atoms with Crippen molar-refractivity contribution in [3.05, 3.63) is 35.8 Å². The molecule has 6 nitrogen and oxygen atoms in total.